The van der Waals surface area contributed by atoms with E-state index in [2.05, 4.69) is 5.32 Å². The predicted molar refractivity (Wildman–Crippen MR) is 92.2 cm³/mol. The Kier molecular flexibility index (Phi) is 6.22. The molecule has 0 aromatic heterocycles. The number of nitrogens with zero attached hydrogens (tertiary/aromatic N) is 2. The second-order valence-corrected chi connectivity index (χ2v) is 7.89. The summed E-state index contributed by atoms with van der Waals surface area (Å²) in [6.07, 6.45) is 0.350. The number of hydrogen-bond donors (Lipinski definition) is 2. The Morgan fingerprint density at radius 2 is 2.28 bits per heavy atom. The van der Waals surface area contributed by atoms with Crippen LogP contribution in [0.3, 0.4) is 0 Å². The molecule has 0 saturated carbocycles. The summed E-state index contributed by atoms with van der Waals surface area (Å²) in [4.78, 5) is 13.8. The molecule has 1 fully saturated rings. The van der Waals surface area contributed by atoms with E-state index < -0.39 is 21.9 Å². The molecule has 2 N–H and O–H groups in total. The Hall–Kier alpha value is -2.31. The molecule has 0 radical (unpaired) electrons. The zero-order valence-electron chi connectivity index (χ0n) is 13.9. The van der Waals surface area contributed by atoms with Gasteiger partial charge in [-0.25, -0.2) is 13.2 Å². The van der Waals surface area contributed by atoms with E-state index in [1.807, 2.05) is 6.07 Å². The van der Waals surface area contributed by atoms with E-state index in [-0.39, 0.29) is 30.2 Å². The second-order valence-electron chi connectivity index (χ2n) is 5.66. The van der Waals surface area contributed by atoms with Gasteiger partial charge in [-0.15, -0.1) is 0 Å². The van der Waals surface area contributed by atoms with Crippen molar-refractivity contribution >= 4 is 21.6 Å². The zero-order chi connectivity index (χ0) is 18.4. The van der Waals surface area contributed by atoms with Gasteiger partial charge in [0.25, 0.3) is 0 Å². The summed E-state index contributed by atoms with van der Waals surface area (Å²) >= 11 is 0. The summed E-state index contributed by atoms with van der Waals surface area (Å²) < 4.78 is 28.6. The minimum atomic E-state index is -3.15. The molecule has 0 spiro atoms. The minimum Gasteiger partial charge on any atom is -0.492 e. The van der Waals surface area contributed by atoms with Crippen molar-refractivity contribution in [1.82, 2.24) is 4.90 Å². The first-order valence-corrected chi connectivity index (χ1v) is 9.78. The van der Waals surface area contributed by atoms with Gasteiger partial charge in [0.1, 0.15) is 11.8 Å². The molecule has 2 amide bonds. The van der Waals surface area contributed by atoms with Gasteiger partial charge in [0.05, 0.1) is 30.3 Å². The van der Waals surface area contributed by atoms with E-state index >= 15 is 0 Å². The number of aliphatic hydroxyl groups is 1. The second kappa shape index (κ2) is 8.18. The average molecular weight is 367 g/mol. The summed E-state index contributed by atoms with van der Waals surface area (Å²) in [5.41, 5.74) is 0.686. The number of urea groups is 1. The lowest BCUT2D eigenvalue weighted by Crippen LogP contribution is -2.45. The van der Waals surface area contributed by atoms with E-state index in [1.54, 1.807) is 19.1 Å². The standard InChI is InChI=1S/C16H21N3O5S/c1-2-24-15-4-3-13(9-12(15)10-17)18-16(21)19(6-7-20)14-5-8-25(22,23)11-14/h3-4,9,14,20H,2,5-8,11H2,1H3,(H,18,21)/t14-/m0/s1. The summed E-state index contributed by atoms with van der Waals surface area (Å²) in [5.74, 6) is 0.360. The van der Waals surface area contributed by atoms with Crippen molar-refractivity contribution < 1.29 is 23.1 Å². The molecular weight excluding hydrogens is 346 g/mol. The van der Waals surface area contributed by atoms with Crippen LogP contribution in [-0.4, -0.2) is 61.8 Å². The van der Waals surface area contributed by atoms with Gasteiger partial charge in [-0.2, -0.15) is 5.26 Å². The number of sulfone groups is 1. The maximum absolute atomic E-state index is 12.5. The van der Waals surface area contributed by atoms with Gasteiger partial charge < -0.3 is 20.1 Å². The molecule has 1 aliphatic heterocycles. The van der Waals surface area contributed by atoms with Gasteiger partial charge in [0, 0.05) is 18.3 Å². The number of nitrogens with one attached hydrogen (secondary N) is 1. The third-order valence-corrected chi connectivity index (χ3v) is 5.65. The Balaban J connectivity index is 2.14. The lowest BCUT2D eigenvalue weighted by Gasteiger charge is -2.27. The molecule has 0 bridgehead atoms. The fourth-order valence-corrected chi connectivity index (χ4v) is 4.48. The van der Waals surface area contributed by atoms with Crippen LogP contribution < -0.4 is 10.1 Å². The highest BCUT2D eigenvalue weighted by molar-refractivity contribution is 7.91. The smallest absolute Gasteiger partial charge is 0.322 e. The number of anilines is 1. The van der Waals surface area contributed by atoms with Gasteiger partial charge in [0.15, 0.2) is 9.84 Å². The van der Waals surface area contributed by atoms with Crippen LogP contribution in [0.25, 0.3) is 0 Å². The fraction of sp³-hybridized carbons (Fsp3) is 0.500. The highest BCUT2D eigenvalue weighted by Gasteiger charge is 2.34. The van der Waals surface area contributed by atoms with E-state index in [0.717, 1.165) is 0 Å². The summed E-state index contributed by atoms with van der Waals surface area (Å²) in [6.45, 7) is 1.99. The first-order chi connectivity index (χ1) is 11.9. The Bertz CT molecular complexity index is 772. The van der Waals surface area contributed by atoms with Crippen LogP contribution in [0.15, 0.2) is 18.2 Å². The Morgan fingerprint density at radius 1 is 1.52 bits per heavy atom. The molecule has 1 aromatic carbocycles. The number of benzene rings is 1. The number of ether oxygens (including phenoxy) is 1. The minimum absolute atomic E-state index is 0.0359. The van der Waals surface area contributed by atoms with Crippen molar-refractivity contribution in [3.63, 3.8) is 0 Å². The maximum atomic E-state index is 12.5. The lowest BCUT2D eigenvalue weighted by molar-refractivity contribution is 0.169. The number of carbonyl (C=O) groups is 1. The number of rotatable bonds is 6. The van der Waals surface area contributed by atoms with Crippen LogP contribution >= 0.6 is 0 Å². The van der Waals surface area contributed by atoms with Gasteiger partial charge in [-0.3, -0.25) is 0 Å². The molecule has 1 saturated heterocycles. The lowest BCUT2D eigenvalue weighted by atomic mass is 10.2. The topological polar surface area (TPSA) is 120 Å². The molecule has 136 valence electrons. The maximum Gasteiger partial charge on any atom is 0.322 e. The van der Waals surface area contributed by atoms with Crippen molar-refractivity contribution in [3.8, 4) is 11.8 Å². The summed E-state index contributed by atoms with van der Waals surface area (Å²) in [5, 5.41) is 21.0. The quantitative estimate of drug-likeness (QED) is 0.773. The molecule has 0 aliphatic carbocycles. The van der Waals surface area contributed by atoms with Crippen LogP contribution in [0.4, 0.5) is 10.5 Å². The number of hydrogen-bond acceptors (Lipinski definition) is 6. The van der Waals surface area contributed by atoms with Gasteiger partial charge in [0.2, 0.25) is 0 Å². The highest BCUT2D eigenvalue weighted by Crippen LogP contribution is 2.23. The SMILES string of the molecule is CCOc1ccc(NC(=O)N(CCO)[C@H]2CCS(=O)(=O)C2)cc1C#N. The monoisotopic (exact) mass is 367 g/mol. The van der Waals surface area contributed by atoms with Crippen molar-refractivity contribution in [2.75, 3.05) is 36.6 Å². The van der Waals surface area contributed by atoms with E-state index in [4.69, 9.17) is 4.74 Å². The molecular formula is C16H21N3O5S. The van der Waals surface area contributed by atoms with E-state index in [1.165, 1.54) is 11.0 Å². The first-order valence-electron chi connectivity index (χ1n) is 7.96. The third-order valence-electron chi connectivity index (χ3n) is 3.90. The van der Waals surface area contributed by atoms with Gasteiger partial charge >= 0.3 is 6.03 Å². The highest BCUT2D eigenvalue weighted by atomic mass is 32.2. The molecule has 1 aliphatic rings. The van der Waals surface area contributed by atoms with Gasteiger partial charge in [-0.1, -0.05) is 0 Å². The number of nitriles is 1. The summed E-state index contributed by atoms with van der Waals surface area (Å²) in [6, 6.07) is 5.72. The van der Waals surface area contributed by atoms with Crippen LogP contribution in [0.5, 0.6) is 5.75 Å². The van der Waals surface area contributed by atoms with Crippen LogP contribution in [-0.2, 0) is 9.84 Å². The molecule has 0 unspecified atom stereocenters. The molecule has 9 heteroatoms. The van der Waals surface area contributed by atoms with Crippen molar-refractivity contribution in [2.24, 2.45) is 0 Å². The average Bonchev–Trinajstić information content (AvgIpc) is 2.93. The van der Waals surface area contributed by atoms with Crippen molar-refractivity contribution in [3.05, 3.63) is 23.8 Å². The number of amides is 2. The predicted octanol–water partition coefficient (Wildman–Crippen LogP) is 0.970. The molecule has 8 nitrogen and oxygen atoms in total. The van der Waals surface area contributed by atoms with Crippen LogP contribution in [0.1, 0.15) is 18.9 Å². The largest absolute Gasteiger partial charge is 0.492 e. The first kappa shape index (κ1) is 19.0. The molecule has 25 heavy (non-hydrogen) atoms. The van der Waals surface area contributed by atoms with E-state index in [9.17, 15) is 23.6 Å². The Morgan fingerprint density at radius 3 is 2.84 bits per heavy atom. The normalized spacial score (nSPS) is 18.4. The number of carbonyl (C=O) groups excluding carboxylic acids is 1. The fourth-order valence-electron chi connectivity index (χ4n) is 2.75. The Labute approximate surface area is 146 Å². The van der Waals surface area contributed by atoms with Gasteiger partial charge in [-0.05, 0) is 31.5 Å². The zero-order valence-corrected chi connectivity index (χ0v) is 14.8. The number of aliphatic hydroxyl groups excluding tert-OH is 1. The molecule has 1 heterocycles. The molecule has 2 rings (SSSR count). The molecule has 1 atom stereocenters. The van der Waals surface area contributed by atoms with Crippen LogP contribution in [0, 0.1) is 11.3 Å². The summed E-state index contributed by atoms with van der Waals surface area (Å²) in [7, 11) is -3.15. The molecule has 1 aromatic rings. The van der Waals surface area contributed by atoms with Crippen molar-refractivity contribution in [2.45, 2.75) is 19.4 Å². The van der Waals surface area contributed by atoms with Crippen LogP contribution in [0.2, 0.25) is 0 Å². The van der Waals surface area contributed by atoms with Crippen molar-refractivity contribution in [1.29, 1.82) is 5.26 Å². The van der Waals surface area contributed by atoms with E-state index in [0.29, 0.717) is 24.5 Å². The third kappa shape index (κ3) is 4.84.